The van der Waals surface area contributed by atoms with Crippen LogP contribution >= 0.6 is 0 Å². The zero-order chi connectivity index (χ0) is 17.9. The molecule has 0 saturated carbocycles. The molecule has 0 unspecified atom stereocenters. The Morgan fingerprint density at radius 2 is 1.12 bits per heavy atom. The molecular formula is C18H30N8. The fourth-order valence-electron chi connectivity index (χ4n) is 3.68. The van der Waals surface area contributed by atoms with E-state index in [2.05, 4.69) is 77.8 Å². The van der Waals surface area contributed by atoms with Crippen LogP contribution in [0, 0.1) is 0 Å². The van der Waals surface area contributed by atoms with Crippen molar-refractivity contribution < 1.29 is 0 Å². The lowest BCUT2D eigenvalue weighted by Gasteiger charge is -2.32. The Hall–Kier alpha value is -1.74. The number of piperazine rings is 2. The molecular weight excluding hydrogens is 328 g/mol. The Kier molecular flexibility index (Phi) is 5.35. The van der Waals surface area contributed by atoms with Gasteiger partial charge in [-0.15, -0.1) is 10.2 Å². The van der Waals surface area contributed by atoms with Gasteiger partial charge < -0.3 is 9.80 Å². The van der Waals surface area contributed by atoms with Crippen molar-refractivity contribution >= 4 is 0 Å². The van der Waals surface area contributed by atoms with Crippen LogP contribution < -0.4 is 0 Å². The summed E-state index contributed by atoms with van der Waals surface area (Å²) in [5, 5.41) is 9.13. The van der Waals surface area contributed by atoms with Gasteiger partial charge in [-0.3, -0.25) is 14.5 Å². The minimum Gasteiger partial charge on any atom is -0.304 e. The molecule has 0 bridgehead atoms. The molecule has 0 aliphatic carbocycles. The van der Waals surface area contributed by atoms with E-state index in [9.17, 15) is 0 Å². The first kappa shape index (κ1) is 17.7. The van der Waals surface area contributed by atoms with E-state index in [1.165, 1.54) is 0 Å². The first-order valence-corrected chi connectivity index (χ1v) is 9.57. The van der Waals surface area contributed by atoms with E-state index in [-0.39, 0.29) is 0 Å². The molecule has 142 valence electrons. The van der Waals surface area contributed by atoms with Crippen LogP contribution in [0.5, 0.6) is 0 Å². The maximum Gasteiger partial charge on any atom is 0.167 e. The van der Waals surface area contributed by atoms with E-state index in [1.54, 1.807) is 0 Å². The molecule has 0 aromatic carbocycles. The van der Waals surface area contributed by atoms with Crippen LogP contribution in [0.15, 0.2) is 24.5 Å². The van der Waals surface area contributed by atoms with E-state index in [4.69, 9.17) is 0 Å². The van der Waals surface area contributed by atoms with E-state index in [1.807, 2.05) is 0 Å². The second-order valence-corrected chi connectivity index (χ2v) is 7.57. The molecule has 2 aromatic heterocycles. The molecule has 2 aliphatic heterocycles. The molecule has 2 saturated heterocycles. The molecule has 4 rings (SSSR count). The Labute approximate surface area is 155 Å². The van der Waals surface area contributed by atoms with Gasteiger partial charge in [-0.25, -0.2) is 4.68 Å². The molecule has 2 aromatic rings. The SMILES string of the molecule is CN1CCN(Cc2nnc(CN3CCN(C)CC3)n2-n2cccc2)CC1. The predicted octanol–water partition coefficient (Wildman–Crippen LogP) is -0.114. The summed E-state index contributed by atoms with van der Waals surface area (Å²) >= 11 is 0. The summed E-state index contributed by atoms with van der Waals surface area (Å²) in [5.74, 6) is 2.05. The van der Waals surface area contributed by atoms with Gasteiger partial charge in [-0.1, -0.05) is 0 Å². The van der Waals surface area contributed by atoms with Crippen molar-refractivity contribution in [2.75, 3.05) is 66.5 Å². The van der Waals surface area contributed by atoms with Crippen LogP contribution in [-0.2, 0) is 13.1 Å². The first-order valence-electron chi connectivity index (χ1n) is 9.57. The summed E-state index contributed by atoms with van der Waals surface area (Å²) < 4.78 is 4.30. The van der Waals surface area contributed by atoms with Gasteiger partial charge in [-0.2, -0.15) is 0 Å². The van der Waals surface area contributed by atoms with Gasteiger partial charge in [0.1, 0.15) is 0 Å². The van der Waals surface area contributed by atoms with Crippen LogP contribution in [-0.4, -0.2) is 106 Å². The lowest BCUT2D eigenvalue weighted by molar-refractivity contribution is 0.139. The number of nitrogens with zero attached hydrogens (tertiary/aromatic N) is 8. The third-order valence-corrected chi connectivity index (χ3v) is 5.51. The molecule has 0 N–H and O–H groups in total. The molecule has 0 amide bonds. The van der Waals surface area contributed by atoms with Crippen LogP contribution in [0.3, 0.4) is 0 Å². The van der Waals surface area contributed by atoms with E-state index in [0.717, 1.165) is 77.1 Å². The van der Waals surface area contributed by atoms with Crippen molar-refractivity contribution in [3.05, 3.63) is 36.2 Å². The van der Waals surface area contributed by atoms with Gasteiger partial charge in [0.15, 0.2) is 11.6 Å². The van der Waals surface area contributed by atoms with Gasteiger partial charge in [0, 0.05) is 64.8 Å². The number of aromatic nitrogens is 4. The molecule has 0 atom stereocenters. The standard InChI is InChI=1S/C18H30N8/c1-21-7-11-23(12-8-21)15-17-19-20-18(26(17)25-5-3-4-6-25)16-24-13-9-22(2)10-14-24/h3-6H,7-16H2,1-2H3. The molecule has 8 nitrogen and oxygen atoms in total. The van der Waals surface area contributed by atoms with Crippen molar-refractivity contribution in [2.24, 2.45) is 0 Å². The number of rotatable bonds is 5. The lowest BCUT2D eigenvalue weighted by Crippen LogP contribution is -2.45. The summed E-state index contributed by atoms with van der Waals surface area (Å²) in [7, 11) is 4.38. The minimum absolute atomic E-state index is 0.849. The molecule has 4 heterocycles. The molecule has 2 fully saturated rings. The minimum atomic E-state index is 0.849. The van der Waals surface area contributed by atoms with Crippen molar-refractivity contribution in [3.63, 3.8) is 0 Å². The largest absolute Gasteiger partial charge is 0.304 e. The summed E-state index contributed by atoms with van der Waals surface area (Å²) in [6, 6.07) is 4.11. The number of hydrogen-bond donors (Lipinski definition) is 0. The average Bonchev–Trinajstić information content (AvgIpc) is 3.29. The second-order valence-electron chi connectivity index (χ2n) is 7.57. The highest BCUT2D eigenvalue weighted by atomic mass is 15.5. The smallest absolute Gasteiger partial charge is 0.167 e. The molecule has 26 heavy (non-hydrogen) atoms. The Morgan fingerprint density at radius 3 is 1.54 bits per heavy atom. The lowest BCUT2D eigenvalue weighted by atomic mass is 10.3. The summed E-state index contributed by atoms with van der Waals surface area (Å²) in [6.07, 6.45) is 4.15. The predicted molar refractivity (Wildman–Crippen MR) is 101 cm³/mol. The zero-order valence-electron chi connectivity index (χ0n) is 16.0. The van der Waals surface area contributed by atoms with E-state index >= 15 is 0 Å². The van der Waals surface area contributed by atoms with Gasteiger partial charge in [0.2, 0.25) is 0 Å². The fraction of sp³-hybridized carbons (Fsp3) is 0.667. The van der Waals surface area contributed by atoms with Crippen LogP contribution in [0.25, 0.3) is 0 Å². The Bertz CT molecular complexity index is 637. The third kappa shape index (κ3) is 3.98. The monoisotopic (exact) mass is 358 g/mol. The quantitative estimate of drug-likeness (QED) is 0.743. The van der Waals surface area contributed by atoms with Gasteiger partial charge in [0.25, 0.3) is 0 Å². The van der Waals surface area contributed by atoms with Gasteiger partial charge in [-0.05, 0) is 26.2 Å². The Morgan fingerprint density at radius 1 is 0.692 bits per heavy atom. The molecule has 8 heteroatoms. The van der Waals surface area contributed by atoms with Gasteiger partial charge in [0.05, 0.1) is 13.1 Å². The molecule has 2 aliphatic rings. The molecule has 0 spiro atoms. The van der Waals surface area contributed by atoms with E-state index < -0.39 is 0 Å². The fourth-order valence-corrected chi connectivity index (χ4v) is 3.68. The highest BCUT2D eigenvalue weighted by molar-refractivity contribution is 5.02. The first-order chi connectivity index (χ1) is 12.7. The van der Waals surface area contributed by atoms with Crippen LogP contribution in [0.1, 0.15) is 11.6 Å². The number of likely N-dealkylation sites (N-methyl/N-ethyl adjacent to an activating group) is 2. The maximum atomic E-state index is 4.57. The zero-order valence-corrected chi connectivity index (χ0v) is 16.0. The maximum absolute atomic E-state index is 4.57. The van der Waals surface area contributed by atoms with Crippen LogP contribution in [0.2, 0.25) is 0 Å². The van der Waals surface area contributed by atoms with E-state index in [0.29, 0.717) is 0 Å². The summed E-state index contributed by atoms with van der Waals surface area (Å²) in [6.45, 7) is 10.5. The second kappa shape index (κ2) is 7.87. The highest BCUT2D eigenvalue weighted by Gasteiger charge is 2.22. The topological polar surface area (TPSA) is 48.6 Å². The summed E-state index contributed by atoms with van der Waals surface area (Å²) in [4.78, 5) is 9.71. The van der Waals surface area contributed by atoms with Crippen molar-refractivity contribution in [2.45, 2.75) is 13.1 Å². The van der Waals surface area contributed by atoms with Crippen molar-refractivity contribution in [1.29, 1.82) is 0 Å². The van der Waals surface area contributed by atoms with Crippen LogP contribution in [0.4, 0.5) is 0 Å². The van der Waals surface area contributed by atoms with Crippen molar-refractivity contribution in [3.8, 4) is 0 Å². The number of hydrogen-bond acceptors (Lipinski definition) is 6. The highest BCUT2D eigenvalue weighted by Crippen LogP contribution is 2.12. The average molecular weight is 358 g/mol. The Balaban J connectivity index is 1.52. The van der Waals surface area contributed by atoms with Crippen molar-refractivity contribution in [1.82, 2.24) is 39.1 Å². The molecule has 0 radical (unpaired) electrons. The third-order valence-electron chi connectivity index (χ3n) is 5.51. The van der Waals surface area contributed by atoms with Gasteiger partial charge >= 0.3 is 0 Å². The normalized spacial score (nSPS) is 21.5. The summed E-state index contributed by atoms with van der Waals surface area (Å²) in [5.41, 5.74) is 0.